The molecule has 0 bridgehead atoms. The SMILES string of the molecule is Cc1ccc(CN(C)c2c(Cl)cccc2CBr)cc1. The average Bonchev–Trinajstić information content (AvgIpc) is 2.40. The van der Waals surface area contributed by atoms with Crippen molar-refractivity contribution in [3.8, 4) is 0 Å². The second-order valence-corrected chi connectivity index (χ2v) is 5.69. The molecule has 100 valence electrons. The lowest BCUT2D eigenvalue weighted by molar-refractivity contribution is 0.916. The van der Waals surface area contributed by atoms with Crippen LogP contribution in [0.4, 0.5) is 5.69 Å². The lowest BCUT2D eigenvalue weighted by atomic mass is 10.1. The number of alkyl halides is 1. The van der Waals surface area contributed by atoms with Gasteiger partial charge in [0.05, 0.1) is 10.7 Å². The lowest BCUT2D eigenvalue weighted by Crippen LogP contribution is -2.18. The lowest BCUT2D eigenvalue weighted by Gasteiger charge is -2.23. The third kappa shape index (κ3) is 3.52. The minimum Gasteiger partial charge on any atom is -0.369 e. The number of nitrogens with zero attached hydrogens (tertiary/aromatic N) is 1. The smallest absolute Gasteiger partial charge is 0.0642 e. The Morgan fingerprint density at radius 3 is 2.42 bits per heavy atom. The first-order chi connectivity index (χ1) is 9.11. The molecule has 3 heteroatoms. The van der Waals surface area contributed by atoms with E-state index in [1.807, 2.05) is 12.1 Å². The largest absolute Gasteiger partial charge is 0.369 e. The summed E-state index contributed by atoms with van der Waals surface area (Å²) in [6, 6.07) is 14.6. The Morgan fingerprint density at radius 2 is 1.79 bits per heavy atom. The highest BCUT2D eigenvalue weighted by Gasteiger charge is 2.11. The Labute approximate surface area is 128 Å². The zero-order valence-electron chi connectivity index (χ0n) is 11.2. The van der Waals surface area contributed by atoms with Gasteiger partial charge in [-0.05, 0) is 24.1 Å². The molecule has 2 aromatic rings. The van der Waals surface area contributed by atoms with Crippen LogP contribution in [0.5, 0.6) is 0 Å². The van der Waals surface area contributed by atoms with Crippen molar-refractivity contribution in [3.05, 3.63) is 64.2 Å². The van der Waals surface area contributed by atoms with E-state index in [2.05, 4.69) is 65.1 Å². The summed E-state index contributed by atoms with van der Waals surface area (Å²) >= 11 is 9.85. The first-order valence-electron chi connectivity index (χ1n) is 6.22. The van der Waals surface area contributed by atoms with Crippen molar-refractivity contribution in [2.45, 2.75) is 18.8 Å². The summed E-state index contributed by atoms with van der Waals surface area (Å²) in [7, 11) is 2.08. The Hall–Kier alpha value is -0.990. The third-order valence-corrected chi connectivity index (χ3v) is 4.05. The maximum absolute atomic E-state index is 6.33. The van der Waals surface area contributed by atoms with Gasteiger partial charge in [-0.25, -0.2) is 0 Å². The molecule has 0 radical (unpaired) electrons. The monoisotopic (exact) mass is 337 g/mol. The van der Waals surface area contributed by atoms with Gasteiger partial charge in [-0.15, -0.1) is 0 Å². The van der Waals surface area contributed by atoms with Crippen molar-refractivity contribution in [1.29, 1.82) is 0 Å². The maximum Gasteiger partial charge on any atom is 0.0642 e. The van der Waals surface area contributed by atoms with Crippen LogP contribution in [0.25, 0.3) is 0 Å². The number of hydrogen-bond acceptors (Lipinski definition) is 1. The van der Waals surface area contributed by atoms with Crippen molar-refractivity contribution in [2.24, 2.45) is 0 Å². The molecular weight excluding hydrogens is 322 g/mol. The topological polar surface area (TPSA) is 3.24 Å². The van der Waals surface area contributed by atoms with Gasteiger partial charge in [-0.3, -0.25) is 0 Å². The Morgan fingerprint density at radius 1 is 1.11 bits per heavy atom. The molecule has 2 aromatic carbocycles. The van der Waals surface area contributed by atoms with Gasteiger partial charge in [0.25, 0.3) is 0 Å². The molecule has 1 nitrogen and oxygen atoms in total. The molecule has 0 aliphatic carbocycles. The fraction of sp³-hybridized carbons (Fsp3) is 0.250. The summed E-state index contributed by atoms with van der Waals surface area (Å²) in [6.07, 6.45) is 0. The summed E-state index contributed by atoms with van der Waals surface area (Å²) in [5.74, 6) is 0. The van der Waals surface area contributed by atoms with E-state index in [9.17, 15) is 0 Å². The highest BCUT2D eigenvalue weighted by atomic mass is 79.9. The Kier molecular flexibility index (Phi) is 4.89. The molecule has 0 spiro atoms. The molecule has 0 aromatic heterocycles. The van der Waals surface area contributed by atoms with Crippen molar-refractivity contribution < 1.29 is 0 Å². The summed E-state index contributed by atoms with van der Waals surface area (Å²) in [4.78, 5) is 2.20. The van der Waals surface area contributed by atoms with Gasteiger partial charge in [0, 0.05) is 18.9 Å². The van der Waals surface area contributed by atoms with E-state index in [1.54, 1.807) is 0 Å². The van der Waals surface area contributed by atoms with Gasteiger partial charge in [0.15, 0.2) is 0 Å². The molecule has 0 saturated heterocycles. The van der Waals surface area contributed by atoms with Crippen LogP contribution in [0, 0.1) is 6.92 Å². The van der Waals surface area contributed by atoms with E-state index >= 15 is 0 Å². The van der Waals surface area contributed by atoms with Crippen LogP contribution >= 0.6 is 27.5 Å². The first kappa shape index (κ1) is 14.4. The van der Waals surface area contributed by atoms with Crippen LogP contribution in [-0.2, 0) is 11.9 Å². The number of anilines is 1. The quantitative estimate of drug-likeness (QED) is 0.694. The maximum atomic E-state index is 6.33. The van der Waals surface area contributed by atoms with Crippen molar-refractivity contribution >= 4 is 33.2 Å². The first-order valence-corrected chi connectivity index (χ1v) is 7.72. The predicted octanol–water partition coefficient (Wildman–Crippen LogP) is 5.18. The van der Waals surface area contributed by atoms with Crippen LogP contribution < -0.4 is 4.90 Å². The average molecular weight is 339 g/mol. The molecular formula is C16H17BrClN. The number of aryl methyl sites for hydroxylation is 1. The second-order valence-electron chi connectivity index (χ2n) is 4.72. The molecule has 0 aliphatic rings. The van der Waals surface area contributed by atoms with Crippen LogP contribution in [0.3, 0.4) is 0 Å². The number of halogens is 2. The number of hydrogen-bond donors (Lipinski definition) is 0. The minimum absolute atomic E-state index is 0.798. The van der Waals surface area contributed by atoms with E-state index in [-0.39, 0.29) is 0 Å². The van der Waals surface area contributed by atoms with Gasteiger partial charge < -0.3 is 4.90 Å². The zero-order valence-corrected chi connectivity index (χ0v) is 13.5. The summed E-state index contributed by atoms with van der Waals surface area (Å²) in [5, 5.41) is 1.60. The molecule has 2 rings (SSSR count). The number of para-hydroxylation sites is 1. The molecule has 0 atom stereocenters. The van der Waals surface area contributed by atoms with Gasteiger partial charge in [-0.1, -0.05) is 69.5 Å². The zero-order chi connectivity index (χ0) is 13.8. The fourth-order valence-corrected chi connectivity index (χ4v) is 2.93. The molecule has 0 amide bonds. The normalized spacial score (nSPS) is 10.5. The van der Waals surface area contributed by atoms with E-state index in [1.165, 1.54) is 16.7 Å². The molecule has 0 heterocycles. The molecule has 0 aliphatic heterocycles. The Bertz CT molecular complexity index is 551. The molecule has 0 saturated carbocycles. The summed E-state index contributed by atoms with van der Waals surface area (Å²) in [6.45, 7) is 2.95. The molecule has 0 N–H and O–H groups in total. The minimum atomic E-state index is 0.798. The van der Waals surface area contributed by atoms with Crippen LogP contribution in [-0.4, -0.2) is 7.05 Å². The summed E-state index contributed by atoms with van der Waals surface area (Å²) in [5.41, 5.74) is 4.88. The van der Waals surface area contributed by atoms with Gasteiger partial charge in [0.1, 0.15) is 0 Å². The standard InChI is InChI=1S/C16H17BrClN/c1-12-6-8-13(9-7-12)11-19(2)16-14(10-17)4-3-5-15(16)18/h3-9H,10-11H2,1-2H3. The predicted molar refractivity (Wildman–Crippen MR) is 87.4 cm³/mol. The van der Waals surface area contributed by atoms with Crippen molar-refractivity contribution in [1.82, 2.24) is 0 Å². The molecule has 0 unspecified atom stereocenters. The summed E-state index contributed by atoms with van der Waals surface area (Å²) < 4.78 is 0. The van der Waals surface area contributed by atoms with Gasteiger partial charge >= 0.3 is 0 Å². The van der Waals surface area contributed by atoms with Crippen LogP contribution in [0.15, 0.2) is 42.5 Å². The second kappa shape index (κ2) is 6.44. The van der Waals surface area contributed by atoms with Crippen molar-refractivity contribution in [3.63, 3.8) is 0 Å². The Balaban J connectivity index is 2.24. The van der Waals surface area contributed by atoms with E-state index in [0.29, 0.717) is 0 Å². The van der Waals surface area contributed by atoms with Crippen molar-refractivity contribution in [2.75, 3.05) is 11.9 Å². The van der Waals surface area contributed by atoms with E-state index in [0.717, 1.165) is 22.6 Å². The molecule has 19 heavy (non-hydrogen) atoms. The third-order valence-electron chi connectivity index (χ3n) is 3.14. The number of benzene rings is 2. The number of rotatable bonds is 4. The van der Waals surface area contributed by atoms with Gasteiger partial charge in [-0.2, -0.15) is 0 Å². The van der Waals surface area contributed by atoms with Gasteiger partial charge in [0.2, 0.25) is 0 Å². The highest BCUT2D eigenvalue weighted by molar-refractivity contribution is 9.08. The van der Waals surface area contributed by atoms with Crippen LogP contribution in [0.1, 0.15) is 16.7 Å². The van der Waals surface area contributed by atoms with E-state index < -0.39 is 0 Å². The molecule has 0 fully saturated rings. The highest BCUT2D eigenvalue weighted by Crippen LogP contribution is 2.31. The van der Waals surface area contributed by atoms with E-state index in [4.69, 9.17) is 11.6 Å². The fourth-order valence-electron chi connectivity index (χ4n) is 2.14. The van der Waals surface area contributed by atoms with Crippen LogP contribution in [0.2, 0.25) is 5.02 Å².